The zero-order valence-corrected chi connectivity index (χ0v) is 17.7. The second-order valence-electron chi connectivity index (χ2n) is 7.26. The van der Waals surface area contributed by atoms with E-state index in [1.165, 1.54) is 4.31 Å². The average molecular weight is 405 g/mol. The summed E-state index contributed by atoms with van der Waals surface area (Å²) < 4.78 is 33.0. The minimum atomic E-state index is -3.40. The van der Waals surface area contributed by atoms with Crippen molar-refractivity contribution in [2.45, 2.75) is 25.7 Å². The molecule has 1 atom stereocenters. The summed E-state index contributed by atoms with van der Waals surface area (Å²) in [5.74, 6) is 0.890. The Bertz CT molecular complexity index is 914. The summed E-state index contributed by atoms with van der Waals surface area (Å²) in [6, 6.07) is 11.7. The van der Waals surface area contributed by atoms with Crippen LogP contribution in [0.5, 0.6) is 5.75 Å². The van der Waals surface area contributed by atoms with Crippen LogP contribution in [0.1, 0.15) is 30.1 Å². The summed E-state index contributed by atoms with van der Waals surface area (Å²) in [6.45, 7) is 2.97. The van der Waals surface area contributed by atoms with Crippen molar-refractivity contribution in [1.82, 2.24) is 13.6 Å². The van der Waals surface area contributed by atoms with E-state index < -0.39 is 10.2 Å². The molecule has 2 heterocycles. The van der Waals surface area contributed by atoms with Crippen molar-refractivity contribution in [2.24, 2.45) is 0 Å². The number of hydrogen-bond acceptors (Lipinski definition) is 5. The third-order valence-electron chi connectivity index (χ3n) is 4.94. The van der Waals surface area contributed by atoms with Crippen molar-refractivity contribution in [3.8, 4) is 5.75 Å². The van der Waals surface area contributed by atoms with Gasteiger partial charge in [0.05, 0.1) is 7.11 Å². The zero-order valence-electron chi connectivity index (χ0n) is 16.8. The Labute approximate surface area is 167 Å². The van der Waals surface area contributed by atoms with Crippen LogP contribution in [-0.4, -0.2) is 56.3 Å². The molecule has 8 heteroatoms. The van der Waals surface area contributed by atoms with Gasteiger partial charge in [-0.15, -0.1) is 0 Å². The number of anilines is 2. The molecule has 0 spiro atoms. The fraction of sp³-hybridized carbons (Fsp3) is 0.450. The molecule has 152 valence electrons. The molecule has 1 N–H and O–H groups in total. The second-order valence-corrected chi connectivity index (χ2v) is 9.41. The molecular weight excluding hydrogens is 376 g/mol. The summed E-state index contributed by atoms with van der Waals surface area (Å²) in [6.07, 6.45) is 1.76. The van der Waals surface area contributed by atoms with Crippen molar-refractivity contribution < 1.29 is 13.2 Å². The molecule has 0 aliphatic carbocycles. The molecule has 0 saturated carbocycles. The summed E-state index contributed by atoms with van der Waals surface area (Å²) in [4.78, 5) is 4.69. The highest BCUT2D eigenvalue weighted by Gasteiger charge is 2.31. The van der Waals surface area contributed by atoms with Crippen LogP contribution < -0.4 is 10.1 Å². The molecule has 0 amide bonds. The number of nitrogens with zero attached hydrogens (tertiary/aromatic N) is 3. The van der Waals surface area contributed by atoms with Crippen LogP contribution in [0.3, 0.4) is 0 Å². The van der Waals surface area contributed by atoms with Crippen molar-refractivity contribution in [2.75, 3.05) is 39.6 Å². The van der Waals surface area contributed by atoms with Gasteiger partial charge in [0.1, 0.15) is 5.75 Å². The predicted octanol–water partition coefficient (Wildman–Crippen LogP) is 3.13. The van der Waals surface area contributed by atoms with Crippen LogP contribution in [0.25, 0.3) is 0 Å². The minimum Gasteiger partial charge on any atom is -0.497 e. The summed E-state index contributed by atoms with van der Waals surface area (Å²) in [7, 11) is 1.38. The van der Waals surface area contributed by atoms with Gasteiger partial charge in [-0.3, -0.25) is 4.98 Å². The standard InChI is InChI=1S/C20H28N4O3S/c1-15-12-18(22-17-7-9-19(27-4)10-8-17)13-20(21-15)16-6-5-11-24(14-16)28(25,26)23(2)3/h7-10,12-13,16H,5-6,11,14H2,1-4H3,(H,21,22)/t16-/m1/s1. The lowest BCUT2D eigenvalue weighted by atomic mass is 9.95. The van der Waals surface area contributed by atoms with Crippen molar-refractivity contribution >= 4 is 21.6 Å². The molecular formula is C20H28N4O3S. The number of methoxy groups -OCH3 is 1. The quantitative estimate of drug-likeness (QED) is 0.801. The lowest BCUT2D eigenvalue weighted by Gasteiger charge is -2.33. The van der Waals surface area contributed by atoms with Gasteiger partial charge in [0.15, 0.2) is 0 Å². The van der Waals surface area contributed by atoms with E-state index in [1.54, 1.807) is 25.5 Å². The fourth-order valence-corrected chi connectivity index (χ4v) is 4.63. The molecule has 1 aliphatic rings. The largest absolute Gasteiger partial charge is 0.497 e. The summed E-state index contributed by atoms with van der Waals surface area (Å²) >= 11 is 0. The number of aromatic nitrogens is 1. The first-order chi connectivity index (χ1) is 13.3. The van der Waals surface area contributed by atoms with Gasteiger partial charge in [0.25, 0.3) is 10.2 Å². The van der Waals surface area contributed by atoms with Gasteiger partial charge in [-0.1, -0.05) is 0 Å². The van der Waals surface area contributed by atoms with Gasteiger partial charge in [-0.25, -0.2) is 0 Å². The molecule has 28 heavy (non-hydrogen) atoms. The highest BCUT2D eigenvalue weighted by Crippen LogP contribution is 2.30. The first kappa shape index (κ1) is 20.6. The van der Waals surface area contributed by atoms with E-state index >= 15 is 0 Å². The van der Waals surface area contributed by atoms with Crippen LogP contribution in [-0.2, 0) is 10.2 Å². The van der Waals surface area contributed by atoms with Crippen molar-refractivity contribution in [1.29, 1.82) is 0 Å². The van der Waals surface area contributed by atoms with Crippen molar-refractivity contribution in [3.63, 3.8) is 0 Å². The number of ether oxygens (including phenoxy) is 1. The van der Waals surface area contributed by atoms with Gasteiger partial charge < -0.3 is 10.1 Å². The maximum Gasteiger partial charge on any atom is 0.281 e. The maximum absolute atomic E-state index is 12.5. The number of benzene rings is 1. The fourth-order valence-electron chi connectivity index (χ4n) is 3.44. The Kier molecular flexibility index (Phi) is 6.22. The third kappa shape index (κ3) is 4.63. The second kappa shape index (κ2) is 8.46. The normalized spacial score (nSPS) is 18.2. The first-order valence-electron chi connectivity index (χ1n) is 9.37. The highest BCUT2D eigenvalue weighted by molar-refractivity contribution is 7.86. The smallest absolute Gasteiger partial charge is 0.281 e. The number of nitrogens with one attached hydrogen (secondary N) is 1. The Hall–Kier alpha value is -2.16. The summed E-state index contributed by atoms with van der Waals surface area (Å²) in [5, 5.41) is 3.40. The topological polar surface area (TPSA) is 74.8 Å². The third-order valence-corrected chi connectivity index (χ3v) is 6.85. The van der Waals surface area contributed by atoms with E-state index in [-0.39, 0.29) is 5.92 Å². The van der Waals surface area contributed by atoms with Crippen LogP contribution in [0.4, 0.5) is 11.4 Å². The van der Waals surface area contributed by atoms with E-state index in [1.807, 2.05) is 43.3 Å². The van der Waals surface area contributed by atoms with Crippen LogP contribution in [0, 0.1) is 6.92 Å². The average Bonchev–Trinajstić information content (AvgIpc) is 2.68. The Morgan fingerprint density at radius 1 is 1.18 bits per heavy atom. The molecule has 1 fully saturated rings. The lowest BCUT2D eigenvalue weighted by Crippen LogP contribution is -2.45. The van der Waals surface area contributed by atoms with E-state index in [0.29, 0.717) is 13.1 Å². The number of piperidine rings is 1. The predicted molar refractivity (Wildman–Crippen MR) is 111 cm³/mol. The molecule has 0 bridgehead atoms. The molecule has 1 aromatic heterocycles. The monoisotopic (exact) mass is 404 g/mol. The van der Waals surface area contributed by atoms with Gasteiger partial charge >= 0.3 is 0 Å². The summed E-state index contributed by atoms with van der Waals surface area (Å²) in [5.41, 5.74) is 3.73. The number of rotatable bonds is 6. The molecule has 0 radical (unpaired) electrons. The molecule has 0 unspecified atom stereocenters. The molecule has 1 aliphatic heterocycles. The molecule has 2 aromatic rings. The van der Waals surface area contributed by atoms with Gasteiger partial charge in [0, 0.05) is 55.9 Å². The zero-order chi connectivity index (χ0) is 20.3. The van der Waals surface area contributed by atoms with E-state index in [9.17, 15) is 8.42 Å². The Morgan fingerprint density at radius 2 is 1.89 bits per heavy atom. The first-order valence-corrected chi connectivity index (χ1v) is 10.8. The van der Waals surface area contributed by atoms with Gasteiger partial charge in [-0.05, 0) is 56.2 Å². The van der Waals surface area contributed by atoms with E-state index in [4.69, 9.17) is 9.72 Å². The van der Waals surface area contributed by atoms with E-state index in [2.05, 4.69) is 5.32 Å². The molecule has 1 saturated heterocycles. The number of hydrogen-bond donors (Lipinski definition) is 1. The van der Waals surface area contributed by atoms with Crippen LogP contribution in [0.2, 0.25) is 0 Å². The Balaban J connectivity index is 1.80. The van der Waals surface area contributed by atoms with Crippen LogP contribution >= 0.6 is 0 Å². The number of aryl methyl sites for hydroxylation is 1. The highest BCUT2D eigenvalue weighted by atomic mass is 32.2. The molecule has 7 nitrogen and oxygen atoms in total. The van der Waals surface area contributed by atoms with E-state index in [0.717, 1.165) is 41.4 Å². The molecule has 3 rings (SSSR count). The Morgan fingerprint density at radius 3 is 2.54 bits per heavy atom. The lowest BCUT2D eigenvalue weighted by molar-refractivity contribution is 0.296. The van der Waals surface area contributed by atoms with Crippen LogP contribution in [0.15, 0.2) is 36.4 Å². The van der Waals surface area contributed by atoms with Gasteiger partial charge in [0.2, 0.25) is 0 Å². The molecule has 1 aromatic carbocycles. The SMILES string of the molecule is COc1ccc(Nc2cc(C)nc([C@@H]3CCCN(S(=O)(=O)N(C)C)C3)c2)cc1. The maximum atomic E-state index is 12.5. The minimum absolute atomic E-state index is 0.0831. The van der Waals surface area contributed by atoms with Crippen molar-refractivity contribution in [3.05, 3.63) is 47.8 Å². The van der Waals surface area contributed by atoms with Gasteiger partial charge in [-0.2, -0.15) is 17.0 Å². The number of pyridine rings is 1.